The molecule has 0 spiro atoms. The van der Waals surface area contributed by atoms with Gasteiger partial charge in [0.1, 0.15) is 17.8 Å². The van der Waals surface area contributed by atoms with Gasteiger partial charge >= 0.3 is 0 Å². The number of carbonyl (C=O) groups is 1. The van der Waals surface area contributed by atoms with Crippen LogP contribution in [0.2, 0.25) is 0 Å². The zero-order chi connectivity index (χ0) is 20.3. The molecular weight excluding hydrogens is 376 g/mol. The molecule has 0 amide bonds. The maximum absolute atomic E-state index is 12.7. The third kappa shape index (κ3) is 3.70. The molecule has 1 fully saturated rings. The highest BCUT2D eigenvalue weighted by Gasteiger charge is 2.24. The summed E-state index contributed by atoms with van der Waals surface area (Å²) in [5.74, 6) is 1.53. The molecule has 4 heterocycles. The molecule has 7 heteroatoms. The van der Waals surface area contributed by atoms with Gasteiger partial charge in [-0.15, -0.1) is 0 Å². The molecule has 5 rings (SSSR count). The van der Waals surface area contributed by atoms with Gasteiger partial charge in [-0.25, -0.2) is 9.97 Å². The zero-order valence-corrected chi connectivity index (χ0v) is 16.7. The van der Waals surface area contributed by atoms with Gasteiger partial charge in [0.2, 0.25) is 0 Å². The predicted molar refractivity (Wildman–Crippen MR) is 119 cm³/mol. The van der Waals surface area contributed by atoms with E-state index in [0.29, 0.717) is 18.9 Å². The van der Waals surface area contributed by atoms with Gasteiger partial charge in [-0.3, -0.25) is 9.78 Å². The van der Waals surface area contributed by atoms with Crippen molar-refractivity contribution in [3.8, 4) is 0 Å². The van der Waals surface area contributed by atoms with E-state index >= 15 is 0 Å². The Hall–Kier alpha value is -3.48. The second-order valence-electron chi connectivity index (χ2n) is 7.89. The van der Waals surface area contributed by atoms with Crippen LogP contribution in [0.15, 0.2) is 55.2 Å². The number of aromatic amines is 1. The number of hydrogen-bond donors (Lipinski definition) is 2. The van der Waals surface area contributed by atoms with Crippen LogP contribution in [0.25, 0.3) is 21.8 Å². The molecule has 1 unspecified atom stereocenters. The van der Waals surface area contributed by atoms with Crippen LogP contribution in [-0.4, -0.2) is 45.4 Å². The summed E-state index contributed by atoms with van der Waals surface area (Å²) in [4.78, 5) is 31.1. The van der Waals surface area contributed by atoms with Crippen molar-refractivity contribution in [2.24, 2.45) is 5.92 Å². The van der Waals surface area contributed by atoms with Crippen molar-refractivity contribution in [1.82, 2.24) is 19.9 Å². The van der Waals surface area contributed by atoms with E-state index < -0.39 is 0 Å². The van der Waals surface area contributed by atoms with E-state index in [1.807, 2.05) is 36.7 Å². The number of Topliss-reactive ketones (excluding diaryl/α,β-unsaturated/α-hetero) is 1. The van der Waals surface area contributed by atoms with Crippen molar-refractivity contribution in [3.05, 3.63) is 55.2 Å². The third-order valence-corrected chi connectivity index (χ3v) is 5.83. The van der Waals surface area contributed by atoms with Crippen molar-refractivity contribution in [2.45, 2.75) is 19.3 Å². The monoisotopic (exact) mass is 400 g/mol. The van der Waals surface area contributed by atoms with Gasteiger partial charge in [-0.1, -0.05) is 12.1 Å². The van der Waals surface area contributed by atoms with Gasteiger partial charge in [0.05, 0.1) is 11.9 Å². The second-order valence-corrected chi connectivity index (χ2v) is 7.89. The minimum atomic E-state index is 0.234. The molecule has 0 radical (unpaired) electrons. The number of anilines is 2. The lowest BCUT2D eigenvalue weighted by atomic mass is 9.92. The van der Waals surface area contributed by atoms with E-state index in [2.05, 4.69) is 36.2 Å². The lowest BCUT2D eigenvalue weighted by Gasteiger charge is -2.33. The van der Waals surface area contributed by atoms with Gasteiger partial charge in [0, 0.05) is 49.2 Å². The van der Waals surface area contributed by atoms with E-state index in [9.17, 15) is 4.79 Å². The standard InChI is InChI=1S/C23H24N6O/c30-18(12-26-21-5-1-4-17-6-8-24-13-20(17)21)11-16-3-2-10-29(14-16)23-19-7-9-25-22(19)27-15-28-23/h1,4-9,13,15-16,26H,2-3,10-12,14H2,(H,25,27,28). The van der Waals surface area contributed by atoms with Crippen LogP contribution in [-0.2, 0) is 4.79 Å². The van der Waals surface area contributed by atoms with Crippen LogP contribution in [0.3, 0.4) is 0 Å². The smallest absolute Gasteiger partial charge is 0.152 e. The number of piperidine rings is 1. The number of benzene rings is 1. The van der Waals surface area contributed by atoms with Gasteiger partial charge in [-0.05, 0) is 42.3 Å². The van der Waals surface area contributed by atoms with E-state index in [-0.39, 0.29) is 5.78 Å². The Morgan fingerprint density at radius 1 is 1.20 bits per heavy atom. The van der Waals surface area contributed by atoms with E-state index in [0.717, 1.165) is 59.2 Å². The first-order chi connectivity index (χ1) is 14.8. The Morgan fingerprint density at radius 2 is 2.17 bits per heavy atom. The number of hydrogen-bond acceptors (Lipinski definition) is 6. The molecule has 1 atom stereocenters. The SMILES string of the molecule is O=C(CNc1cccc2ccncc12)CC1CCCN(c2ncnc3[nH]ccc23)C1. The molecule has 152 valence electrons. The quantitative estimate of drug-likeness (QED) is 0.512. The largest absolute Gasteiger partial charge is 0.377 e. The van der Waals surface area contributed by atoms with Crippen molar-refractivity contribution in [1.29, 1.82) is 0 Å². The molecule has 2 N–H and O–H groups in total. The molecule has 0 bridgehead atoms. The summed E-state index contributed by atoms with van der Waals surface area (Å²) in [5.41, 5.74) is 1.81. The molecule has 1 aliphatic heterocycles. The Kier molecular flexibility index (Phi) is 5.01. The first kappa shape index (κ1) is 18.5. The number of pyridine rings is 1. The molecule has 1 aromatic carbocycles. The van der Waals surface area contributed by atoms with Crippen LogP contribution >= 0.6 is 0 Å². The molecule has 0 saturated carbocycles. The number of aromatic nitrogens is 4. The summed E-state index contributed by atoms with van der Waals surface area (Å²) in [6.07, 6.45) is 9.83. The lowest BCUT2D eigenvalue weighted by molar-refractivity contribution is -0.118. The number of ketones is 1. The Balaban J connectivity index is 1.22. The van der Waals surface area contributed by atoms with Crippen molar-refractivity contribution < 1.29 is 4.79 Å². The van der Waals surface area contributed by atoms with Crippen molar-refractivity contribution in [2.75, 3.05) is 29.9 Å². The highest BCUT2D eigenvalue weighted by Crippen LogP contribution is 2.28. The Bertz CT molecular complexity index is 1180. The first-order valence-electron chi connectivity index (χ1n) is 10.4. The molecule has 1 saturated heterocycles. The van der Waals surface area contributed by atoms with Crippen LogP contribution in [0.1, 0.15) is 19.3 Å². The molecule has 30 heavy (non-hydrogen) atoms. The highest BCUT2D eigenvalue weighted by molar-refractivity contribution is 5.94. The normalized spacial score (nSPS) is 16.8. The summed E-state index contributed by atoms with van der Waals surface area (Å²) in [5, 5.41) is 6.51. The molecule has 1 aliphatic rings. The number of fused-ring (bicyclic) bond motifs is 2. The fraction of sp³-hybridized carbons (Fsp3) is 0.304. The number of nitrogens with one attached hydrogen (secondary N) is 2. The van der Waals surface area contributed by atoms with Gasteiger partial charge in [0.15, 0.2) is 5.78 Å². The fourth-order valence-electron chi connectivity index (χ4n) is 4.39. The minimum absolute atomic E-state index is 0.234. The Labute approximate surface area is 174 Å². The van der Waals surface area contributed by atoms with Crippen LogP contribution in [0, 0.1) is 5.92 Å². The topological polar surface area (TPSA) is 86.8 Å². The average Bonchev–Trinajstić information content (AvgIpc) is 3.27. The third-order valence-electron chi connectivity index (χ3n) is 5.83. The molecule has 0 aliphatic carbocycles. The molecule has 7 nitrogen and oxygen atoms in total. The number of H-pyrrole nitrogens is 1. The summed E-state index contributed by atoms with van der Waals surface area (Å²) in [7, 11) is 0. The second kappa shape index (κ2) is 8.10. The van der Waals surface area contributed by atoms with Gasteiger partial charge in [-0.2, -0.15) is 0 Å². The van der Waals surface area contributed by atoms with Crippen molar-refractivity contribution in [3.63, 3.8) is 0 Å². The fourth-order valence-corrected chi connectivity index (χ4v) is 4.39. The molecular formula is C23H24N6O. The van der Waals surface area contributed by atoms with E-state index in [1.165, 1.54) is 0 Å². The maximum atomic E-state index is 12.7. The zero-order valence-electron chi connectivity index (χ0n) is 16.7. The molecule has 3 aromatic heterocycles. The number of rotatable bonds is 6. The minimum Gasteiger partial charge on any atom is -0.377 e. The number of carbonyl (C=O) groups excluding carboxylic acids is 1. The van der Waals surface area contributed by atoms with Gasteiger partial charge < -0.3 is 15.2 Å². The van der Waals surface area contributed by atoms with Crippen LogP contribution in [0.4, 0.5) is 11.5 Å². The lowest BCUT2D eigenvalue weighted by Crippen LogP contribution is -2.37. The van der Waals surface area contributed by atoms with Crippen LogP contribution < -0.4 is 10.2 Å². The highest BCUT2D eigenvalue weighted by atomic mass is 16.1. The molecule has 4 aromatic rings. The Morgan fingerprint density at radius 3 is 3.13 bits per heavy atom. The van der Waals surface area contributed by atoms with E-state index in [1.54, 1.807) is 12.5 Å². The predicted octanol–water partition coefficient (Wildman–Crippen LogP) is 3.79. The average molecular weight is 400 g/mol. The van der Waals surface area contributed by atoms with E-state index in [4.69, 9.17) is 0 Å². The maximum Gasteiger partial charge on any atom is 0.152 e. The van der Waals surface area contributed by atoms with Crippen molar-refractivity contribution >= 4 is 39.1 Å². The summed E-state index contributed by atoms with van der Waals surface area (Å²) in [6, 6.07) is 10.0. The first-order valence-corrected chi connectivity index (χ1v) is 10.4. The summed E-state index contributed by atoms with van der Waals surface area (Å²) in [6.45, 7) is 2.14. The summed E-state index contributed by atoms with van der Waals surface area (Å²) >= 11 is 0. The van der Waals surface area contributed by atoms with Gasteiger partial charge in [0.25, 0.3) is 0 Å². The van der Waals surface area contributed by atoms with Crippen LogP contribution in [0.5, 0.6) is 0 Å². The summed E-state index contributed by atoms with van der Waals surface area (Å²) < 4.78 is 0. The number of nitrogens with zero attached hydrogens (tertiary/aromatic N) is 4.